The molecular formula is C17H18ClN5O2S. The lowest BCUT2D eigenvalue weighted by atomic mass is 10.2. The molecule has 1 aromatic carbocycles. The van der Waals surface area contributed by atoms with Gasteiger partial charge in [-0.05, 0) is 42.9 Å². The van der Waals surface area contributed by atoms with Gasteiger partial charge in [0.2, 0.25) is 4.77 Å². The first kappa shape index (κ1) is 18.2. The molecule has 9 heteroatoms. The highest BCUT2D eigenvalue weighted by molar-refractivity contribution is 7.71. The van der Waals surface area contributed by atoms with E-state index in [1.807, 2.05) is 25.1 Å². The lowest BCUT2D eigenvalue weighted by molar-refractivity contribution is 0.310. The molecule has 0 amide bonds. The van der Waals surface area contributed by atoms with E-state index in [-0.39, 0.29) is 0 Å². The average Bonchev–Trinajstić information content (AvgIpc) is 3.02. The number of aromatic nitrogens is 4. The Labute approximate surface area is 160 Å². The van der Waals surface area contributed by atoms with Crippen LogP contribution in [0.3, 0.4) is 0 Å². The highest BCUT2D eigenvalue weighted by Crippen LogP contribution is 2.33. The van der Waals surface area contributed by atoms with Gasteiger partial charge in [-0.15, -0.1) is 0 Å². The predicted molar refractivity (Wildman–Crippen MR) is 103 cm³/mol. The van der Waals surface area contributed by atoms with Crippen LogP contribution >= 0.6 is 23.8 Å². The third kappa shape index (κ3) is 3.81. The number of nitrogens with one attached hydrogen (secondary N) is 2. The number of ether oxygens (including phenoxy) is 2. The molecule has 136 valence electrons. The molecule has 0 unspecified atom stereocenters. The van der Waals surface area contributed by atoms with Crippen LogP contribution in [0.4, 0.5) is 0 Å². The molecule has 0 spiro atoms. The average molecular weight is 392 g/mol. The largest absolute Gasteiger partial charge is 0.493 e. The van der Waals surface area contributed by atoms with Gasteiger partial charge in [-0.2, -0.15) is 5.10 Å². The maximum Gasteiger partial charge on any atom is 0.214 e. The number of rotatable bonds is 7. The van der Waals surface area contributed by atoms with E-state index < -0.39 is 0 Å². The highest BCUT2D eigenvalue weighted by Gasteiger charge is 2.12. The van der Waals surface area contributed by atoms with E-state index in [0.29, 0.717) is 40.3 Å². The molecule has 26 heavy (non-hydrogen) atoms. The molecule has 2 heterocycles. The van der Waals surface area contributed by atoms with Crippen molar-refractivity contribution in [1.82, 2.24) is 19.9 Å². The minimum absolute atomic E-state index is 0.424. The van der Waals surface area contributed by atoms with Gasteiger partial charge < -0.3 is 14.9 Å². The summed E-state index contributed by atoms with van der Waals surface area (Å²) >= 11 is 11.7. The number of benzene rings is 1. The van der Waals surface area contributed by atoms with Crippen molar-refractivity contribution in [1.29, 1.82) is 0 Å². The second-order valence-electron chi connectivity index (χ2n) is 5.29. The predicted octanol–water partition coefficient (Wildman–Crippen LogP) is 3.81. The first-order valence-electron chi connectivity index (χ1n) is 7.95. The molecule has 0 aliphatic rings. The molecular weight excluding hydrogens is 374 g/mol. The summed E-state index contributed by atoms with van der Waals surface area (Å²) in [5, 5.41) is 7.63. The van der Waals surface area contributed by atoms with Gasteiger partial charge in [-0.3, -0.25) is 4.98 Å². The first-order chi connectivity index (χ1) is 12.6. The molecule has 0 bridgehead atoms. The Hall–Kier alpha value is -2.58. The monoisotopic (exact) mass is 391 g/mol. The number of methoxy groups -OCH3 is 1. The van der Waals surface area contributed by atoms with E-state index >= 15 is 0 Å². The molecule has 0 radical (unpaired) electrons. The van der Waals surface area contributed by atoms with E-state index in [1.165, 1.54) is 0 Å². The normalized spacial score (nSPS) is 10.6. The van der Waals surface area contributed by atoms with Gasteiger partial charge in [-0.25, -0.2) is 9.77 Å². The van der Waals surface area contributed by atoms with Crippen LogP contribution in [0.25, 0.3) is 11.4 Å². The Kier molecular flexibility index (Phi) is 5.75. The molecule has 7 nitrogen and oxygen atoms in total. The Morgan fingerprint density at radius 1 is 1.27 bits per heavy atom. The van der Waals surface area contributed by atoms with Crippen LogP contribution in [0.1, 0.15) is 12.5 Å². The smallest absolute Gasteiger partial charge is 0.214 e. The van der Waals surface area contributed by atoms with Crippen LogP contribution in [0.2, 0.25) is 5.02 Å². The number of H-pyrrole nitrogens is 1. The van der Waals surface area contributed by atoms with Gasteiger partial charge in [0.1, 0.15) is 0 Å². The molecule has 3 rings (SSSR count). The number of aromatic amines is 1. The molecule has 0 fully saturated rings. The van der Waals surface area contributed by atoms with Crippen molar-refractivity contribution in [2.75, 3.05) is 19.1 Å². The fraction of sp³-hybridized carbons (Fsp3) is 0.235. The van der Waals surface area contributed by atoms with Crippen molar-refractivity contribution < 1.29 is 9.47 Å². The Balaban J connectivity index is 1.86. The molecule has 2 aromatic heterocycles. The molecule has 0 aliphatic heterocycles. The number of pyridine rings is 1. The van der Waals surface area contributed by atoms with Gasteiger partial charge in [0.25, 0.3) is 0 Å². The van der Waals surface area contributed by atoms with E-state index in [1.54, 1.807) is 30.2 Å². The number of halogens is 1. The summed E-state index contributed by atoms with van der Waals surface area (Å²) in [4.78, 5) is 4.02. The summed E-state index contributed by atoms with van der Waals surface area (Å²) in [6, 6.07) is 7.31. The molecule has 0 saturated carbocycles. The van der Waals surface area contributed by atoms with E-state index in [4.69, 9.17) is 33.3 Å². The zero-order valence-corrected chi connectivity index (χ0v) is 15.9. The zero-order valence-electron chi connectivity index (χ0n) is 14.3. The van der Waals surface area contributed by atoms with Gasteiger partial charge in [0.05, 0.1) is 20.3 Å². The van der Waals surface area contributed by atoms with Crippen LogP contribution in [-0.4, -0.2) is 33.6 Å². The molecule has 3 aromatic rings. The standard InChI is InChI=1S/C17H18ClN5O2S/c1-3-25-15-9-13(18)12(8-14(15)24-2)10-20-23-16(21-22-17(23)26)11-4-6-19-7-5-11/h4-9,20H,3,10H2,1-2H3,(H,22,26). The van der Waals surface area contributed by atoms with Crippen molar-refractivity contribution in [3.63, 3.8) is 0 Å². The first-order valence-corrected chi connectivity index (χ1v) is 8.73. The molecule has 0 saturated heterocycles. The topological polar surface area (TPSA) is 77.0 Å². The quantitative estimate of drug-likeness (QED) is 0.596. The van der Waals surface area contributed by atoms with Crippen molar-refractivity contribution in [2.24, 2.45) is 0 Å². The molecule has 0 atom stereocenters. The van der Waals surface area contributed by atoms with E-state index in [9.17, 15) is 0 Å². The summed E-state index contributed by atoms with van der Waals surface area (Å²) < 4.78 is 13.1. The Bertz CT molecular complexity index is 942. The summed E-state index contributed by atoms with van der Waals surface area (Å²) in [6.45, 7) is 2.86. The van der Waals surface area contributed by atoms with Crippen LogP contribution in [-0.2, 0) is 6.54 Å². The van der Waals surface area contributed by atoms with Crippen molar-refractivity contribution >= 4 is 23.8 Å². The van der Waals surface area contributed by atoms with Crippen LogP contribution in [0.15, 0.2) is 36.7 Å². The van der Waals surface area contributed by atoms with Gasteiger partial charge in [0.15, 0.2) is 17.3 Å². The number of hydrogen-bond donors (Lipinski definition) is 2. The second kappa shape index (κ2) is 8.20. The van der Waals surface area contributed by atoms with Gasteiger partial charge >= 0.3 is 0 Å². The highest BCUT2D eigenvalue weighted by atomic mass is 35.5. The minimum Gasteiger partial charge on any atom is -0.493 e. The number of hydrogen-bond acceptors (Lipinski definition) is 6. The van der Waals surface area contributed by atoms with Crippen molar-refractivity contribution in [3.8, 4) is 22.9 Å². The summed E-state index contributed by atoms with van der Waals surface area (Å²) in [5.74, 6) is 1.89. The van der Waals surface area contributed by atoms with Crippen LogP contribution in [0.5, 0.6) is 11.5 Å². The summed E-state index contributed by atoms with van der Waals surface area (Å²) in [6.07, 6.45) is 3.40. The van der Waals surface area contributed by atoms with Gasteiger partial charge in [0, 0.05) is 29.0 Å². The number of nitrogens with zero attached hydrogens (tertiary/aromatic N) is 3. The Morgan fingerprint density at radius 2 is 2.04 bits per heavy atom. The second-order valence-corrected chi connectivity index (χ2v) is 6.08. The van der Waals surface area contributed by atoms with Crippen molar-refractivity contribution in [2.45, 2.75) is 13.5 Å². The third-order valence-corrected chi connectivity index (χ3v) is 4.30. The van der Waals surface area contributed by atoms with Crippen molar-refractivity contribution in [3.05, 3.63) is 52.0 Å². The maximum atomic E-state index is 6.39. The summed E-state index contributed by atoms with van der Waals surface area (Å²) in [5.41, 5.74) is 4.97. The molecule has 0 aliphatic carbocycles. The maximum absolute atomic E-state index is 6.39. The van der Waals surface area contributed by atoms with Crippen LogP contribution < -0.4 is 14.9 Å². The van der Waals surface area contributed by atoms with Crippen LogP contribution in [0, 0.1) is 4.77 Å². The van der Waals surface area contributed by atoms with Gasteiger partial charge in [-0.1, -0.05) is 11.6 Å². The fourth-order valence-corrected chi connectivity index (χ4v) is 2.86. The SMILES string of the molecule is CCOc1cc(Cl)c(CNn2c(-c3ccncc3)n[nH]c2=S)cc1OC. The Morgan fingerprint density at radius 3 is 2.73 bits per heavy atom. The van der Waals surface area contributed by atoms with E-state index in [0.717, 1.165) is 11.1 Å². The molecule has 2 N–H and O–H groups in total. The lowest BCUT2D eigenvalue weighted by Crippen LogP contribution is -2.16. The zero-order chi connectivity index (χ0) is 18.5. The fourth-order valence-electron chi connectivity index (χ4n) is 2.44. The minimum atomic E-state index is 0.424. The summed E-state index contributed by atoms with van der Waals surface area (Å²) in [7, 11) is 1.59. The van der Waals surface area contributed by atoms with E-state index in [2.05, 4.69) is 20.6 Å². The third-order valence-electron chi connectivity index (χ3n) is 3.67. The lowest BCUT2D eigenvalue weighted by Gasteiger charge is -2.15.